The molecule has 3 heterocycles. The number of benzene rings is 1. The van der Waals surface area contributed by atoms with Gasteiger partial charge in [-0.3, -0.25) is 19.2 Å². The smallest absolute Gasteiger partial charge is 0.268 e. The van der Waals surface area contributed by atoms with Crippen LogP contribution in [0.25, 0.3) is 10.9 Å². The number of amides is 3. The number of hydrogen-bond acceptors (Lipinski definition) is 7. The van der Waals surface area contributed by atoms with E-state index in [1.54, 1.807) is 19.2 Å². The maximum atomic E-state index is 13.5. The van der Waals surface area contributed by atoms with Crippen molar-refractivity contribution in [3.05, 3.63) is 45.5 Å². The fourth-order valence-corrected chi connectivity index (χ4v) is 5.48. The lowest BCUT2D eigenvalue weighted by Gasteiger charge is -2.24. The van der Waals surface area contributed by atoms with Crippen molar-refractivity contribution < 1.29 is 23.9 Å². The lowest BCUT2D eigenvalue weighted by molar-refractivity contribution is -0.125. The Kier molecular flexibility index (Phi) is 8.68. The molecule has 10 nitrogen and oxygen atoms in total. The van der Waals surface area contributed by atoms with Gasteiger partial charge in [0, 0.05) is 28.7 Å². The molecular weight excluding hydrogens is 530 g/mol. The lowest BCUT2D eigenvalue weighted by atomic mass is 9.95. The quantitative estimate of drug-likeness (QED) is 0.265. The molecule has 1 aliphatic rings. The number of ketones is 1. The van der Waals surface area contributed by atoms with Crippen LogP contribution in [0.3, 0.4) is 0 Å². The number of halogens is 1. The summed E-state index contributed by atoms with van der Waals surface area (Å²) in [6, 6.07) is 5.19. The van der Waals surface area contributed by atoms with Gasteiger partial charge >= 0.3 is 0 Å². The van der Waals surface area contributed by atoms with Crippen LogP contribution in [0, 0.1) is 11.8 Å². The van der Waals surface area contributed by atoms with Gasteiger partial charge < -0.3 is 25.7 Å². The lowest BCUT2D eigenvalue weighted by Crippen LogP contribution is -2.52. The standard InChI is InChI=1S/C26H30ClN5O5S/c1-13(2)9-18(31-25(36)19-11-15-16(29-19)5-4-6-20(15)37-3)24(35)30-17(10-14-7-8-28-23(14)34)22(33)26-32-21(27)12-38-26/h4-6,11-14,17-18,29H,7-10H2,1-3H3,(H,28,34)(H,30,35)(H,31,36)/t14-,17+,18+/m1/s1. The Hall–Kier alpha value is -3.44. The van der Waals surface area contributed by atoms with Crippen molar-refractivity contribution in [2.45, 2.75) is 45.2 Å². The molecule has 1 saturated heterocycles. The molecule has 3 aromatic rings. The first-order chi connectivity index (χ1) is 18.2. The topological polar surface area (TPSA) is 142 Å². The van der Waals surface area contributed by atoms with Crippen LogP contribution < -0.4 is 20.7 Å². The van der Waals surface area contributed by atoms with Crippen molar-refractivity contribution >= 4 is 57.3 Å². The number of carbonyl (C=O) groups is 4. The third kappa shape index (κ3) is 6.33. The van der Waals surface area contributed by atoms with Gasteiger partial charge in [-0.1, -0.05) is 31.5 Å². The van der Waals surface area contributed by atoms with Crippen molar-refractivity contribution in [3.8, 4) is 5.75 Å². The molecule has 0 saturated carbocycles. The average Bonchev–Trinajstić information content (AvgIpc) is 3.62. The van der Waals surface area contributed by atoms with Crippen LogP contribution >= 0.6 is 22.9 Å². The van der Waals surface area contributed by atoms with Crippen molar-refractivity contribution in [1.29, 1.82) is 0 Å². The van der Waals surface area contributed by atoms with E-state index in [2.05, 4.69) is 25.9 Å². The first kappa shape index (κ1) is 27.6. The number of thiazole rings is 1. The maximum absolute atomic E-state index is 13.5. The van der Waals surface area contributed by atoms with E-state index < -0.39 is 35.6 Å². The summed E-state index contributed by atoms with van der Waals surface area (Å²) in [4.78, 5) is 59.2. The van der Waals surface area contributed by atoms with Gasteiger partial charge in [0.1, 0.15) is 22.6 Å². The van der Waals surface area contributed by atoms with E-state index in [9.17, 15) is 19.2 Å². The molecule has 3 atom stereocenters. The molecule has 3 amide bonds. The zero-order valence-electron chi connectivity index (χ0n) is 21.3. The molecule has 4 rings (SSSR count). The van der Waals surface area contributed by atoms with Crippen LogP contribution in [-0.4, -0.2) is 59.2 Å². The second-order valence-electron chi connectivity index (χ2n) is 9.67. The highest BCUT2D eigenvalue weighted by Crippen LogP contribution is 2.26. The third-order valence-corrected chi connectivity index (χ3v) is 7.60. The molecule has 1 aromatic carbocycles. The number of rotatable bonds is 11. The van der Waals surface area contributed by atoms with E-state index in [1.807, 2.05) is 26.0 Å². The Balaban J connectivity index is 1.54. The first-order valence-corrected chi connectivity index (χ1v) is 13.6. The fourth-order valence-electron chi connectivity index (χ4n) is 4.54. The van der Waals surface area contributed by atoms with Crippen molar-refractivity contribution in [1.82, 2.24) is 25.9 Å². The molecule has 202 valence electrons. The van der Waals surface area contributed by atoms with Gasteiger partial charge in [0.05, 0.1) is 13.2 Å². The minimum Gasteiger partial charge on any atom is -0.496 e. The number of H-pyrrole nitrogens is 1. The summed E-state index contributed by atoms with van der Waals surface area (Å²) >= 11 is 6.99. The number of methoxy groups -OCH3 is 1. The predicted octanol–water partition coefficient (Wildman–Crippen LogP) is 3.32. The highest BCUT2D eigenvalue weighted by atomic mass is 35.5. The Bertz CT molecular complexity index is 1350. The van der Waals surface area contributed by atoms with E-state index in [-0.39, 0.29) is 34.1 Å². The van der Waals surface area contributed by atoms with Gasteiger partial charge in [-0.05, 0) is 43.4 Å². The zero-order valence-corrected chi connectivity index (χ0v) is 22.9. The summed E-state index contributed by atoms with van der Waals surface area (Å²) in [7, 11) is 1.55. The van der Waals surface area contributed by atoms with Crippen LogP contribution in [-0.2, 0) is 9.59 Å². The van der Waals surface area contributed by atoms with Crippen LogP contribution in [0.5, 0.6) is 5.75 Å². The Morgan fingerprint density at radius 3 is 2.66 bits per heavy atom. The van der Waals surface area contributed by atoms with Crippen LogP contribution in [0.4, 0.5) is 0 Å². The normalized spacial score (nSPS) is 16.8. The summed E-state index contributed by atoms with van der Waals surface area (Å²) < 4.78 is 5.37. The van der Waals surface area contributed by atoms with Gasteiger partial charge in [0.2, 0.25) is 17.6 Å². The molecule has 12 heteroatoms. The summed E-state index contributed by atoms with van der Waals surface area (Å²) in [6.07, 6.45) is 1.03. The average molecular weight is 560 g/mol. The Labute approximate surface area is 228 Å². The van der Waals surface area contributed by atoms with Gasteiger partial charge in [-0.2, -0.15) is 0 Å². The zero-order chi connectivity index (χ0) is 27.4. The summed E-state index contributed by atoms with van der Waals surface area (Å²) in [6.45, 7) is 4.38. The van der Waals surface area contributed by atoms with Crippen molar-refractivity contribution in [2.24, 2.45) is 11.8 Å². The van der Waals surface area contributed by atoms with Gasteiger partial charge in [-0.15, -0.1) is 11.3 Å². The van der Waals surface area contributed by atoms with E-state index in [0.717, 1.165) is 22.2 Å². The SMILES string of the molecule is COc1cccc2[nH]c(C(=O)N[C@@H](CC(C)C)C(=O)N[C@@H](C[C@H]3CCNC3=O)C(=O)c3nc(Cl)cs3)cc12. The Morgan fingerprint density at radius 2 is 2.03 bits per heavy atom. The van der Waals surface area contributed by atoms with E-state index in [0.29, 0.717) is 25.1 Å². The summed E-state index contributed by atoms with van der Waals surface area (Å²) in [5, 5.41) is 11.0. The van der Waals surface area contributed by atoms with Gasteiger partial charge in [-0.25, -0.2) is 4.98 Å². The Morgan fingerprint density at radius 1 is 1.24 bits per heavy atom. The number of Topliss-reactive ketones (excluding diaryl/α,β-unsaturated/α-hetero) is 1. The highest BCUT2D eigenvalue weighted by molar-refractivity contribution is 7.12. The molecule has 1 fully saturated rings. The van der Waals surface area contributed by atoms with Crippen molar-refractivity contribution in [2.75, 3.05) is 13.7 Å². The monoisotopic (exact) mass is 559 g/mol. The number of carbonyl (C=O) groups excluding carboxylic acids is 4. The van der Waals surface area contributed by atoms with Gasteiger partial charge in [0.15, 0.2) is 5.01 Å². The molecule has 38 heavy (non-hydrogen) atoms. The molecule has 0 spiro atoms. The number of nitrogens with zero attached hydrogens (tertiary/aromatic N) is 1. The molecular formula is C26H30ClN5O5S. The van der Waals surface area contributed by atoms with Crippen LogP contribution in [0.2, 0.25) is 5.15 Å². The number of hydrogen-bond donors (Lipinski definition) is 4. The summed E-state index contributed by atoms with van der Waals surface area (Å²) in [5.74, 6) is -1.29. The van der Waals surface area contributed by atoms with E-state index in [4.69, 9.17) is 16.3 Å². The van der Waals surface area contributed by atoms with Crippen LogP contribution in [0.1, 0.15) is 53.4 Å². The fraction of sp³-hybridized carbons (Fsp3) is 0.423. The number of fused-ring (bicyclic) bond motifs is 1. The second-order valence-corrected chi connectivity index (χ2v) is 10.9. The molecule has 0 bridgehead atoms. The predicted molar refractivity (Wildman–Crippen MR) is 145 cm³/mol. The van der Waals surface area contributed by atoms with Crippen LogP contribution in [0.15, 0.2) is 29.6 Å². The number of aromatic nitrogens is 2. The van der Waals surface area contributed by atoms with E-state index in [1.165, 1.54) is 5.38 Å². The first-order valence-electron chi connectivity index (χ1n) is 12.4. The second kappa shape index (κ2) is 12.0. The third-order valence-electron chi connectivity index (χ3n) is 6.42. The maximum Gasteiger partial charge on any atom is 0.268 e. The number of nitrogens with one attached hydrogen (secondary N) is 4. The molecule has 2 aromatic heterocycles. The number of ether oxygens (including phenoxy) is 1. The van der Waals surface area contributed by atoms with Gasteiger partial charge in [0.25, 0.3) is 5.91 Å². The van der Waals surface area contributed by atoms with E-state index >= 15 is 0 Å². The minimum absolute atomic E-state index is 0.0707. The molecule has 1 aliphatic heterocycles. The molecule has 4 N–H and O–H groups in total. The molecule has 0 aliphatic carbocycles. The van der Waals surface area contributed by atoms with Crippen molar-refractivity contribution in [3.63, 3.8) is 0 Å². The highest BCUT2D eigenvalue weighted by Gasteiger charge is 2.34. The molecule has 0 unspecified atom stereocenters. The largest absolute Gasteiger partial charge is 0.496 e. The molecule has 0 radical (unpaired) electrons. The number of aromatic amines is 1. The minimum atomic E-state index is -0.998. The summed E-state index contributed by atoms with van der Waals surface area (Å²) in [5.41, 5.74) is 1.00.